The summed E-state index contributed by atoms with van der Waals surface area (Å²) in [5, 5.41) is 21.5. The first-order chi connectivity index (χ1) is 9.38. The molecule has 0 heterocycles. The number of halogens is 3. The SMILES string of the molecule is CC(Nc1c(F)cc(F)cc1F)c1cc(O)ccc1O. The van der Waals surface area contributed by atoms with Crippen LogP contribution in [-0.2, 0) is 0 Å². The third kappa shape index (κ3) is 2.79. The van der Waals surface area contributed by atoms with Crippen LogP contribution in [0.2, 0.25) is 0 Å². The molecule has 0 amide bonds. The second-order valence-electron chi connectivity index (χ2n) is 4.35. The number of aromatic hydroxyl groups is 2. The van der Waals surface area contributed by atoms with E-state index >= 15 is 0 Å². The van der Waals surface area contributed by atoms with Gasteiger partial charge in [-0.25, -0.2) is 13.2 Å². The first-order valence-electron chi connectivity index (χ1n) is 5.81. The fourth-order valence-electron chi connectivity index (χ4n) is 1.86. The fourth-order valence-corrected chi connectivity index (χ4v) is 1.86. The monoisotopic (exact) mass is 283 g/mol. The third-order valence-corrected chi connectivity index (χ3v) is 2.85. The summed E-state index contributed by atoms with van der Waals surface area (Å²) in [4.78, 5) is 0. The predicted octanol–water partition coefficient (Wildman–Crippen LogP) is 3.69. The van der Waals surface area contributed by atoms with Crippen molar-refractivity contribution in [3.8, 4) is 11.5 Å². The maximum absolute atomic E-state index is 13.5. The van der Waals surface area contributed by atoms with Crippen molar-refractivity contribution in [3.63, 3.8) is 0 Å². The van der Waals surface area contributed by atoms with Gasteiger partial charge in [-0.3, -0.25) is 0 Å². The van der Waals surface area contributed by atoms with Crippen LogP contribution in [0.4, 0.5) is 18.9 Å². The van der Waals surface area contributed by atoms with Crippen molar-refractivity contribution < 1.29 is 23.4 Å². The normalized spacial score (nSPS) is 12.2. The lowest BCUT2D eigenvalue weighted by atomic mass is 10.1. The summed E-state index contributed by atoms with van der Waals surface area (Å²) in [5.74, 6) is -3.39. The van der Waals surface area contributed by atoms with Crippen LogP contribution >= 0.6 is 0 Å². The predicted molar refractivity (Wildman–Crippen MR) is 68.1 cm³/mol. The van der Waals surface area contributed by atoms with Crippen LogP contribution < -0.4 is 5.32 Å². The first kappa shape index (κ1) is 14.0. The maximum atomic E-state index is 13.5. The summed E-state index contributed by atoms with van der Waals surface area (Å²) in [5.41, 5.74) is -0.241. The average Bonchev–Trinajstić information content (AvgIpc) is 2.36. The molecule has 2 rings (SSSR count). The number of hydrogen-bond acceptors (Lipinski definition) is 3. The number of rotatable bonds is 3. The quantitative estimate of drug-likeness (QED) is 0.753. The van der Waals surface area contributed by atoms with Crippen molar-refractivity contribution in [2.75, 3.05) is 5.32 Å². The van der Waals surface area contributed by atoms with Crippen molar-refractivity contribution in [1.29, 1.82) is 0 Å². The molecule has 20 heavy (non-hydrogen) atoms. The van der Waals surface area contributed by atoms with Gasteiger partial charge in [-0.1, -0.05) is 0 Å². The van der Waals surface area contributed by atoms with Gasteiger partial charge in [-0.15, -0.1) is 0 Å². The Labute approximate surface area is 113 Å². The van der Waals surface area contributed by atoms with Gasteiger partial charge in [0.2, 0.25) is 0 Å². The summed E-state index contributed by atoms with van der Waals surface area (Å²) < 4.78 is 39.8. The molecule has 0 radical (unpaired) electrons. The summed E-state index contributed by atoms with van der Waals surface area (Å²) in [6, 6.07) is 4.23. The summed E-state index contributed by atoms with van der Waals surface area (Å²) in [7, 11) is 0. The zero-order chi connectivity index (χ0) is 14.9. The average molecular weight is 283 g/mol. The first-order valence-corrected chi connectivity index (χ1v) is 5.81. The molecule has 0 bridgehead atoms. The summed E-state index contributed by atoms with van der Waals surface area (Å²) >= 11 is 0. The van der Waals surface area contributed by atoms with Crippen molar-refractivity contribution in [2.24, 2.45) is 0 Å². The van der Waals surface area contributed by atoms with Crippen LogP contribution in [0, 0.1) is 17.5 Å². The third-order valence-electron chi connectivity index (χ3n) is 2.85. The van der Waals surface area contributed by atoms with Crippen LogP contribution in [0.3, 0.4) is 0 Å². The van der Waals surface area contributed by atoms with E-state index in [1.807, 2.05) is 0 Å². The zero-order valence-corrected chi connectivity index (χ0v) is 10.5. The largest absolute Gasteiger partial charge is 0.508 e. The van der Waals surface area contributed by atoms with E-state index < -0.39 is 29.2 Å². The van der Waals surface area contributed by atoms with Crippen LogP contribution in [0.15, 0.2) is 30.3 Å². The van der Waals surface area contributed by atoms with E-state index in [2.05, 4.69) is 5.32 Å². The minimum absolute atomic E-state index is 0.0912. The molecule has 0 aliphatic carbocycles. The zero-order valence-electron chi connectivity index (χ0n) is 10.5. The molecule has 0 fully saturated rings. The molecule has 0 saturated carbocycles. The van der Waals surface area contributed by atoms with E-state index in [1.165, 1.54) is 25.1 Å². The number of phenolic OH excluding ortho intramolecular Hbond substituents is 2. The lowest BCUT2D eigenvalue weighted by Crippen LogP contribution is -2.10. The van der Waals surface area contributed by atoms with Crippen LogP contribution in [-0.4, -0.2) is 10.2 Å². The fraction of sp³-hybridized carbons (Fsp3) is 0.143. The highest BCUT2D eigenvalue weighted by molar-refractivity contribution is 5.50. The van der Waals surface area contributed by atoms with E-state index in [0.717, 1.165) is 0 Å². The topological polar surface area (TPSA) is 52.5 Å². The molecule has 6 heteroatoms. The van der Waals surface area contributed by atoms with E-state index in [4.69, 9.17) is 0 Å². The van der Waals surface area contributed by atoms with Gasteiger partial charge in [-0.05, 0) is 25.1 Å². The summed E-state index contributed by atoms with van der Waals surface area (Å²) in [6.07, 6.45) is 0. The minimum Gasteiger partial charge on any atom is -0.508 e. The second kappa shape index (κ2) is 5.32. The molecule has 0 spiro atoms. The molecule has 0 saturated heterocycles. The lowest BCUT2D eigenvalue weighted by molar-refractivity contribution is 0.451. The molecule has 1 unspecified atom stereocenters. The van der Waals surface area contributed by atoms with Crippen LogP contribution in [0.25, 0.3) is 0 Å². The van der Waals surface area contributed by atoms with Crippen molar-refractivity contribution in [1.82, 2.24) is 0 Å². The van der Waals surface area contributed by atoms with Gasteiger partial charge < -0.3 is 15.5 Å². The molecule has 1 atom stereocenters. The van der Waals surface area contributed by atoms with Gasteiger partial charge in [-0.2, -0.15) is 0 Å². The molecule has 2 aromatic carbocycles. The van der Waals surface area contributed by atoms with Crippen molar-refractivity contribution in [2.45, 2.75) is 13.0 Å². The maximum Gasteiger partial charge on any atom is 0.152 e. The Morgan fingerprint density at radius 3 is 2.20 bits per heavy atom. The van der Waals surface area contributed by atoms with Gasteiger partial charge in [0.25, 0.3) is 0 Å². The van der Waals surface area contributed by atoms with E-state index in [1.54, 1.807) is 0 Å². The highest BCUT2D eigenvalue weighted by Gasteiger charge is 2.17. The Balaban J connectivity index is 2.32. The highest BCUT2D eigenvalue weighted by atomic mass is 19.1. The molecule has 2 aromatic rings. The van der Waals surface area contributed by atoms with Gasteiger partial charge in [0.1, 0.15) is 23.0 Å². The number of benzene rings is 2. The lowest BCUT2D eigenvalue weighted by Gasteiger charge is -2.18. The molecule has 0 aromatic heterocycles. The molecule has 106 valence electrons. The molecule has 0 aliphatic heterocycles. The minimum atomic E-state index is -1.08. The number of anilines is 1. The van der Waals surface area contributed by atoms with Gasteiger partial charge in [0, 0.05) is 17.7 Å². The molecular formula is C14H12F3NO2. The van der Waals surface area contributed by atoms with Gasteiger partial charge in [0.15, 0.2) is 11.6 Å². The molecular weight excluding hydrogens is 271 g/mol. The molecule has 3 nitrogen and oxygen atoms in total. The Hall–Kier alpha value is -2.37. The van der Waals surface area contributed by atoms with Gasteiger partial charge in [0.05, 0.1) is 6.04 Å². The Bertz CT molecular complexity index is 623. The summed E-state index contributed by atoms with van der Waals surface area (Å²) in [6.45, 7) is 1.54. The smallest absolute Gasteiger partial charge is 0.152 e. The number of hydrogen-bond donors (Lipinski definition) is 3. The van der Waals surface area contributed by atoms with Crippen LogP contribution in [0.5, 0.6) is 11.5 Å². The van der Waals surface area contributed by atoms with E-state index in [9.17, 15) is 23.4 Å². The molecule has 0 aliphatic rings. The second-order valence-corrected chi connectivity index (χ2v) is 4.35. The molecule has 3 N–H and O–H groups in total. The van der Waals surface area contributed by atoms with E-state index in [-0.39, 0.29) is 17.1 Å². The van der Waals surface area contributed by atoms with Crippen molar-refractivity contribution >= 4 is 5.69 Å². The Morgan fingerprint density at radius 1 is 1.00 bits per heavy atom. The van der Waals surface area contributed by atoms with Crippen molar-refractivity contribution in [3.05, 3.63) is 53.3 Å². The van der Waals surface area contributed by atoms with E-state index in [0.29, 0.717) is 12.1 Å². The van der Waals surface area contributed by atoms with Gasteiger partial charge >= 0.3 is 0 Å². The highest BCUT2D eigenvalue weighted by Crippen LogP contribution is 2.31. The Morgan fingerprint density at radius 2 is 1.60 bits per heavy atom. The standard InChI is InChI=1S/C14H12F3NO2/c1-7(10-6-9(19)2-3-13(10)20)18-14-11(16)4-8(15)5-12(14)17/h2-7,18-20H,1H3. The Kier molecular flexibility index (Phi) is 3.74. The number of nitrogens with one attached hydrogen (secondary N) is 1. The number of phenols is 2. The van der Waals surface area contributed by atoms with Crippen LogP contribution in [0.1, 0.15) is 18.5 Å².